The van der Waals surface area contributed by atoms with E-state index in [4.69, 9.17) is 0 Å². The molecule has 0 spiro atoms. The summed E-state index contributed by atoms with van der Waals surface area (Å²) >= 11 is 0. The van der Waals surface area contributed by atoms with Crippen LogP contribution in [-0.4, -0.2) is 36.0 Å². The van der Waals surface area contributed by atoms with Crippen LogP contribution in [0.3, 0.4) is 0 Å². The molecule has 0 radical (unpaired) electrons. The Labute approximate surface area is 147 Å². The number of rotatable bonds is 4. The van der Waals surface area contributed by atoms with Gasteiger partial charge in [0.25, 0.3) is 0 Å². The zero-order chi connectivity index (χ0) is 14.8. The zero-order valence-corrected chi connectivity index (χ0v) is 14.4. The number of nitrogens with one attached hydrogen (secondary N) is 1. The van der Waals surface area contributed by atoms with Gasteiger partial charge in [0, 0.05) is 38.3 Å². The third kappa shape index (κ3) is 4.32. The summed E-state index contributed by atoms with van der Waals surface area (Å²) in [6.45, 7) is 3.75. The number of piperazine rings is 1. The number of nitro benzene ring substituents is 1. The summed E-state index contributed by atoms with van der Waals surface area (Å²) in [4.78, 5) is 12.7. The van der Waals surface area contributed by atoms with E-state index in [9.17, 15) is 14.5 Å². The number of hydrogen-bond donors (Lipinski definition) is 1. The Balaban J connectivity index is 0.00000132. The first-order valence-corrected chi connectivity index (χ1v) is 7.55. The zero-order valence-electron chi connectivity index (χ0n) is 12.7. The minimum absolute atomic E-state index is 0. The Morgan fingerprint density at radius 1 is 1.26 bits per heavy atom. The molecule has 2 aliphatic rings. The first-order chi connectivity index (χ1) is 10.2. The van der Waals surface area contributed by atoms with Gasteiger partial charge in [-0.2, -0.15) is 4.39 Å². The lowest BCUT2D eigenvalue weighted by atomic mass is 9.76. The molecular formula is C15H22Cl2FN3O2. The van der Waals surface area contributed by atoms with Crippen LogP contribution in [0.4, 0.5) is 10.1 Å². The van der Waals surface area contributed by atoms with Gasteiger partial charge in [0.15, 0.2) is 0 Å². The van der Waals surface area contributed by atoms with Crippen LogP contribution in [0.1, 0.15) is 30.9 Å². The molecule has 1 aromatic carbocycles. The van der Waals surface area contributed by atoms with Crippen LogP contribution in [0.15, 0.2) is 18.2 Å². The number of hydrogen-bond acceptors (Lipinski definition) is 4. The number of nitrogens with zero attached hydrogens (tertiary/aromatic N) is 2. The number of benzene rings is 1. The minimum atomic E-state index is -0.753. The van der Waals surface area contributed by atoms with Crippen LogP contribution < -0.4 is 5.32 Å². The summed E-state index contributed by atoms with van der Waals surface area (Å²) in [5.74, 6) is -0.218. The second-order valence-electron chi connectivity index (χ2n) is 5.89. The predicted molar refractivity (Wildman–Crippen MR) is 92.1 cm³/mol. The molecule has 1 aliphatic carbocycles. The van der Waals surface area contributed by atoms with Crippen molar-refractivity contribution < 1.29 is 9.31 Å². The van der Waals surface area contributed by atoms with E-state index in [2.05, 4.69) is 10.2 Å². The highest BCUT2D eigenvalue weighted by Gasteiger charge is 2.34. The number of halogens is 3. The van der Waals surface area contributed by atoms with Crippen molar-refractivity contribution in [3.05, 3.63) is 39.7 Å². The molecule has 2 fully saturated rings. The second-order valence-corrected chi connectivity index (χ2v) is 5.89. The Morgan fingerprint density at radius 3 is 2.43 bits per heavy atom. The lowest BCUT2D eigenvalue weighted by molar-refractivity contribution is -0.387. The van der Waals surface area contributed by atoms with E-state index >= 15 is 0 Å². The summed E-state index contributed by atoms with van der Waals surface area (Å²) < 4.78 is 13.6. The maximum Gasteiger partial charge on any atom is 0.305 e. The Morgan fingerprint density at radius 2 is 1.91 bits per heavy atom. The van der Waals surface area contributed by atoms with Crippen molar-refractivity contribution in [3.63, 3.8) is 0 Å². The van der Waals surface area contributed by atoms with Gasteiger partial charge in [0.1, 0.15) is 0 Å². The van der Waals surface area contributed by atoms with Gasteiger partial charge in [-0.1, -0.05) is 12.5 Å². The van der Waals surface area contributed by atoms with E-state index in [-0.39, 0.29) is 30.9 Å². The second kappa shape index (κ2) is 8.78. The highest BCUT2D eigenvalue weighted by molar-refractivity contribution is 5.85. The largest absolute Gasteiger partial charge is 0.314 e. The van der Waals surface area contributed by atoms with E-state index in [1.54, 1.807) is 6.07 Å². The summed E-state index contributed by atoms with van der Waals surface area (Å²) in [5, 5.41) is 14.3. The van der Waals surface area contributed by atoms with Crippen LogP contribution in [0.5, 0.6) is 0 Å². The molecule has 0 bridgehead atoms. The van der Waals surface area contributed by atoms with Crippen molar-refractivity contribution >= 4 is 30.5 Å². The average molecular weight is 366 g/mol. The smallest absolute Gasteiger partial charge is 0.305 e. The van der Waals surface area contributed by atoms with Crippen molar-refractivity contribution in [2.24, 2.45) is 5.92 Å². The topological polar surface area (TPSA) is 58.4 Å². The van der Waals surface area contributed by atoms with Crippen LogP contribution in [0.25, 0.3) is 0 Å². The van der Waals surface area contributed by atoms with Crippen molar-refractivity contribution in [1.29, 1.82) is 0 Å². The first kappa shape index (κ1) is 20.1. The standard InChI is InChI=1S/C15H20FN3O2.2ClH/c16-13-5-4-12(10-14(13)19(20)21)15(11-2-1-3-11)18-8-6-17-7-9-18;;/h4-5,10-11,15,17H,1-3,6-9H2;2*1H/t15-;;/m0../s1. The van der Waals surface area contributed by atoms with E-state index in [0.717, 1.165) is 44.6 Å². The van der Waals surface area contributed by atoms with Crippen LogP contribution in [0.2, 0.25) is 0 Å². The van der Waals surface area contributed by atoms with Gasteiger partial charge in [0.05, 0.1) is 4.92 Å². The number of nitro groups is 1. The summed E-state index contributed by atoms with van der Waals surface area (Å²) in [5.41, 5.74) is 0.474. The van der Waals surface area contributed by atoms with Crippen molar-refractivity contribution in [2.75, 3.05) is 26.2 Å². The van der Waals surface area contributed by atoms with Gasteiger partial charge < -0.3 is 5.32 Å². The molecule has 23 heavy (non-hydrogen) atoms. The Hall–Kier alpha value is -0.950. The average Bonchev–Trinajstić information content (AvgIpc) is 2.44. The Bertz CT molecular complexity index is 537. The van der Waals surface area contributed by atoms with Crippen LogP contribution in [0, 0.1) is 21.8 Å². The molecule has 1 N–H and O–H groups in total. The van der Waals surface area contributed by atoms with Gasteiger partial charge in [-0.3, -0.25) is 15.0 Å². The molecule has 8 heteroatoms. The first-order valence-electron chi connectivity index (χ1n) is 7.55. The predicted octanol–water partition coefficient (Wildman–Crippen LogP) is 3.32. The fourth-order valence-corrected chi connectivity index (χ4v) is 3.35. The molecule has 0 amide bonds. The highest BCUT2D eigenvalue weighted by Crippen LogP contribution is 2.42. The van der Waals surface area contributed by atoms with E-state index < -0.39 is 16.4 Å². The molecular weight excluding hydrogens is 344 g/mol. The van der Waals surface area contributed by atoms with E-state index in [0.29, 0.717) is 5.92 Å². The van der Waals surface area contributed by atoms with Crippen molar-refractivity contribution in [2.45, 2.75) is 25.3 Å². The lowest BCUT2D eigenvalue weighted by Gasteiger charge is -2.43. The van der Waals surface area contributed by atoms with E-state index in [1.807, 2.05) is 0 Å². The quantitative estimate of drug-likeness (QED) is 0.656. The van der Waals surface area contributed by atoms with Crippen LogP contribution in [-0.2, 0) is 0 Å². The highest BCUT2D eigenvalue weighted by atomic mass is 35.5. The maximum atomic E-state index is 13.6. The molecule has 1 atom stereocenters. The molecule has 0 aromatic heterocycles. The summed E-state index contributed by atoms with van der Waals surface area (Å²) in [6.07, 6.45) is 3.52. The molecule has 1 saturated carbocycles. The van der Waals surface area contributed by atoms with E-state index in [1.165, 1.54) is 18.6 Å². The fraction of sp³-hybridized carbons (Fsp3) is 0.600. The SMILES string of the molecule is Cl.Cl.O=[N+]([O-])c1cc([C@H](C2CCC2)N2CCNCC2)ccc1F. The van der Waals surface area contributed by atoms with Gasteiger partial charge in [-0.15, -0.1) is 24.8 Å². The normalized spacial score (nSPS) is 19.9. The van der Waals surface area contributed by atoms with Gasteiger partial charge in [-0.25, -0.2) is 0 Å². The van der Waals surface area contributed by atoms with Gasteiger partial charge >= 0.3 is 5.69 Å². The van der Waals surface area contributed by atoms with Crippen molar-refractivity contribution in [3.8, 4) is 0 Å². The summed E-state index contributed by atoms with van der Waals surface area (Å²) in [6, 6.07) is 4.56. The fourth-order valence-electron chi connectivity index (χ4n) is 3.35. The maximum absolute atomic E-state index is 13.6. The third-order valence-electron chi connectivity index (χ3n) is 4.65. The molecule has 5 nitrogen and oxygen atoms in total. The lowest BCUT2D eigenvalue weighted by Crippen LogP contribution is -2.47. The molecule has 0 unspecified atom stereocenters. The molecule has 3 rings (SSSR count). The third-order valence-corrected chi connectivity index (χ3v) is 4.65. The molecule has 130 valence electrons. The van der Waals surface area contributed by atoms with Crippen molar-refractivity contribution in [1.82, 2.24) is 10.2 Å². The van der Waals surface area contributed by atoms with Gasteiger partial charge in [-0.05, 0) is 30.4 Å². The van der Waals surface area contributed by atoms with Crippen LogP contribution >= 0.6 is 24.8 Å². The molecule has 1 aliphatic heterocycles. The summed E-state index contributed by atoms with van der Waals surface area (Å²) in [7, 11) is 0. The molecule has 1 heterocycles. The van der Waals surface area contributed by atoms with Gasteiger partial charge in [0.2, 0.25) is 5.82 Å². The minimum Gasteiger partial charge on any atom is -0.314 e. The molecule has 1 aromatic rings. The molecule has 1 saturated heterocycles. The Kier molecular flexibility index (Phi) is 7.67. The monoisotopic (exact) mass is 365 g/mol.